The summed E-state index contributed by atoms with van der Waals surface area (Å²) in [6.45, 7) is 4.57. The largest absolute Gasteiger partial charge is 0.327 e. The summed E-state index contributed by atoms with van der Waals surface area (Å²) in [7, 11) is 0. The molecule has 1 nitrogen and oxygen atoms in total. The van der Waals surface area contributed by atoms with Crippen molar-refractivity contribution in [1.29, 1.82) is 0 Å². The van der Waals surface area contributed by atoms with E-state index in [2.05, 4.69) is 26.0 Å². The van der Waals surface area contributed by atoms with Crippen LogP contribution in [0.4, 0.5) is 0 Å². The zero-order valence-electron chi connectivity index (χ0n) is 8.03. The summed E-state index contributed by atoms with van der Waals surface area (Å²) in [6.07, 6.45) is 7.30. The first-order chi connectivity index (χ1) is 5.74. The van der Waals surface area contributed by atoms with Crippen LogP contribution in [0.5, 0.6) is 0 Å². The summed E-state index contributed by atoms with van der Waals surface area (Å²) in [4.78, 5) is 0. The smallest absolute Gasteiger partial charge is 0.00729 e. The third kappa shape index (κ3) is 1.03. The molecule has 1 heteroatoms. The van der Waals surface area contributed by atoms with Crippen molar-refractivity contribution in [3.05, 3.63) is 12.2 Å². The van der Waals surface area contributed by atoms with Crippen LogP contribution in [0.25, 0.3) is 0 Å². The third-order valence-electron chi connectivity index (χ3n) is 3.89. The van der Waals surface area contributed by atoms with Crippen molar-refractivity contribution < 1.29 is 0 Å². The number of hydrogen-bond donors (Lipinski definition) is 1. The second-order valence-electron chi connectivity index (χ2n) is 4.46. The van der Waals surface area contributed by atoms with E-state index in [-0.39, 0.29) is 0 Å². The van der Waals surface area contributed by atoms with Gasteiger partial charge in [0, 0.05) is 6.04 Å². The predicted octanol–water partition coefficient (Wildman–Crippen LogP) is 2.18. The van der Waals surface area contributed by atoms with Crippen molar-refractivity contribution in [2.75, 3.05) is 0 Å². The van der Waals surface area contributed by atoms with E-state index in [1.54, 1.807) is 0 Å². The lowest BCUT2D eigenvalue weighted by Crippen LogP contribution is -2.36. The van der Waals surface area contributed by atoms with Gasteiger partial charge in [0.25, 0.3) is 0 Å². The quantitative estimate of drug-likeness (QED) is 0.624. The molecule has 2 N–H and O–H groups in total. The topological polar surface area (TPSA) is 26.0 Å². The summed E-state index contributed by atoms with van der Waals surface area (Å²) in [5, 5.41) is 0. The molecule has 0 aromatic carbocycles. The second-order valence-corrected chi connectivity index (χ2v) is 4.46. The van der Waals surface area contributed by atoms with Gasteiger partial charge in [-0.3, -0.25) is 0 Å². The van der Waals surface area contributed by atoms with Crippen LogP contribution < -0.4 is 5.73 Å². The van der Waals surface area contributed by atoms with Crippen molar-refractivity contribution in [3.8, 4) is 0 Å². The van der Waals surface area contributed by atoms with Gasteiger partial charge in [0.1, 0.15) is 0 Å². The van der Waals surface area contributed by atoms with Gasteiger partial charge >= 0.3 is 0 Å². The fraction of sp³-hybridized carbons (Fsp3) is 0.818. The van der Waals surface area contributed by atoms with Crippen molar-refractivity contribution in [3.63, 3.8) is 0 Å². The average molecular weight is 165 g/mol. The van der Waals surface area contributed by atoms with Gasteiger partial charge in [-0.05, 0) is 36.5 Å². The number of allylic oxidation sites excluding steroid dienone is 2. The van der Waals surface area contributed by atoms with Crippen molar-refractivity contribution in [2.45, 2.75) is 32.7 Å². The van der Waals surface area contributed by atoms with E-state index in [0.717, 1.165) is 30.1 Å². The summed E-state index contributed by atoms with van der Waals surface area (Å²) < 4.78 is 0. The molecule has 0 aromatic rings. The molecule has 5 atom stereocenters. The lowest BCUT2D eigenvalue weighted by molar-refractivity contribution is 0.274. The minimum absolute atomic E-state index is 0.431. The molecule has 2 bridgehead atoms. The van der Waals surface area contributed by atoms with Crippen LogP contribution in [0, 0.1) is 23.7 Å². The summed E-state index contributed by atoms with van der Waals surface area (Å²) in [5.74, 6) is 3.25. The van der Waals surface area contributed by atoms with Crippen LogP contribution in [0.2, 0.25) is 0 Å². The van der Waals surface area contributed by atoms with E-state index in [1.165, 1.54) is 6.42 Å². The zero-order chi connectivity index (χ0) is 8.72. The minimum atomic E-state index is 0.431. The van der Waals surface area contributed by atoms with Crippen LogP contribution in [0.15, 0.2) is 12.2 Å². The summed E-state index contributed by atoms with van der Waals surface area (Å²) >= 11 is 0. The molecule has 0 heterocycles. The first kappa shape index (κ1) is 8.31. The maximum atomic E-state index is 6.12. The van der Waals surface area contributed by atoms with Gasteiger partial charge in [-0.1, -0.05) is 26.0 Å². The normalized spacial score (nSPS) is 46.9. The maximum absolute atomic E-state index is 6.12. The fourth-order valence-electron chi connectivity index (χ4n) is 3.09. The Labute approximate surface area is 75.0 Å². The van der Waals surface area contributed by atoms with E-state index < -0.39 is 0 Å². The van der Waals surface area contributed by atoms with E-state index in [9.17, 15) is 0 Å². The van der Waals surface area contributed by atoms with Crippen LogP contribution in [0.1, 0.15) is 26.7 Å². The molecule has 0 spiro atoms. The molecular formula is C11H19N. The predicted molar refractivity (Wildman–Crippen MR) is 51.7 cm³/mol. The monoisotopic (exact) mass is 165 g/mol. The highest BCUT2D eigenvalue weighted by molar-refractivity contribution is 5.14. The molecule has 2 rings (SSSR count). The number of rotatable bonds is 2. The van der Waals surface area contributed by atoms with Gasteiger partial charge in [-0.25, -0.2) is 0 Å². The highest BCUT2D eigenvalue weighted by Crippen LogP contribution is 2.48. The van der Waals surface area contributed by atoms with Gasteiger partial charge in [0.05, 0.1) is 0 Å². The average Bonchev–Trinajstić information content (AvgIpc) is 2.63. The Kier molecular flexibility index (Phi) is 1.99. The van der Waals surface area contributed by atoms with Crippen molar-refractivity contribution in [2.24, 2.45) is 29.4 Å². The van der Waals surface area contributed by atoms with Crippen molar-refractivity contribution in [1.82, 2.24) is 0 Å². The first-order valence-corrected chi connectivity index (χ1v) is 5.18. The molecule has 0 radical (unpaired) electrons. The lowest BCUT2D eigenvalue weighted by Gasteiger charge is -2.29. The Morgan fingerprint density at radius 3 is 2.58 bits per heavy atom. The van der Waals surface area contributed by atoms with Gasteiger partial charge in [0.15, 0.2) is 0 Å². The fourth-order valence-corrected chi connectivity index (χ4v) is 3.09. The van der Waals surface area contributed by atoms with E-state index in [1.807, 2.05) is 0 Å². The molecule has 12 heavy (non-hydrogen) atoms. The number of nitrogens with two attached hydrogens (primary N) is 1. The highest BCUT2D eigenvalue weighted by Gasteiger charge is 2.43. The molecule has 2 aliphatic rings. The molecular weight excluding hydrogens is 146 g/mol. The van der Waals surface area contributed by atoms with Crippen LogP contribution in [-0.4, -0.2) is 6.04 Å². The molecule has 1 fully saturated rings. The molecule has 2 aliphatic carbocycles. The molecule has 0 saturated heterocycles. The molecule has 0 aliphatic heterocycles. The number of hydrogen-bond acceptors (Lipinski definition) is 1. The second kappa shape index (κ2) is 2.88. The summed E-state index contributed by atoms with van der Waals surface area (Å²) in [6, 6.07) is 0.431. The molecule has 68 valence electrons. The molecule has 5 unspecified atom stereocenters. The standard InChI is InChI=1S/C11H19N/c1-3-10(12)11-7(2)8-4-5-9(11)6-8/h4-5,7-11H,3,6,12H2,1-2H3. The Morgan fingerprint density at radius 2 is 2.08 bits per heavy atom. The van der Waals surface area contributed by atoms with Crippen LogP contribution in [-0.2, 0) is 0 Å². The Balaban J connectivity index is 2.12. The highest BCUT2D eigenvalue weighted by atomic mass is 14.7. The Bertz CT molecular complexity index is 197. The van der Waals surface area contributed by atoms with Crippen LogP contribution >= 0.6 is 0 Å². The van der Waals surface area contributed by atoms with Crippen molar-refractivity contribution >= 4 is 0 Å². The SMILES string of the molecule is CCC(N)C1C2C=CC(C2)C1C. The van der Waals surface area contributed by atoms with Gasteiger partial charge < -0.3 is 5.73 Å². The van der Waals surface area contributed by atoms with E-state index >= 15 is 0 Å². The maximum Gasteiger partial charge on any atom is 0.00729 e. The lowest BCUT2D eigenvalue weighted by atomic mass is 9.79. The van der Waals surface area contributed by atoms with Gasteiger partial charge in [0.2, 0.25) is 0 Å². The number of fused-ring (bicyclic) bond motifs is 2. The summed E-state index contributed by atoms with van der Waals surface area (Å²) in [5.41, 5.74) is 6.12. The van der Waals surface area contributed by atoms with Gasteiger partial charge in [-0.15, -0.1) is 0 Å². The Morgan fingerprint density at radius 1 is 1.42 bits per heavy atom. The Hall–Kier alpha value is -0.300. The molecule has 0 aromatic heterocycles. The molecule has 1 saturated carbocycles. The van der Waals surface area contributed by atoms with Gasteiger partial charge in [-0.2, -0.15) is 0 Å². The van der Waals surface area contributed by atoms with E-state index in [4.69, 9.17) is 5.73 Å². The third-order valence-corrected chi connectivity index (χ3v) is 3.89. The first-order valence-electron chi connectivity index (χ1n) is 5.18. The minimum Gasteiger partial charge on any atom is -0.327 e. The zero-order valence-corrected chi connectivity index (χ0v) is 8.03. The van der Waals surface area contributed by atoms with Crippen LogP contribution in [0.3, 0.4) is 0 Å². The van der Waals surface area contributed by atoms with E-state index in [0.29, 0.717) is 6.04 Å². The molecule has 0 amide bonds.